The fraction of sp³-hybridized carbons (Fsp3) is 0.440. The highest BCUT2D eigenvalue weighted by atomic mass is 16.5. The Balaban J connectivity index is 1.33. The lowest BCUT2D eigenvalue weighted by Gasteiger charge is -2.38. The molecule has 0 radical (unpaired) electrons. The molecule has 164 valence electrons. The number of para-hydroxylation sites is 1. The maximum Gasteiger partial charge on any atom is 0.320 e. The van der Waals surface area contributed by atoms with Gasteiger partial charge in [-0.1, -0.05) is 61.4 Å². The van der Waals surface area contributed by atoms with Gasteiger partial charge in [-0.25, -0.2) is 4.79 Å². The molecular weight excluding hydrogens is 390 g/mol. The summed E-state index contributed by atoms with van der Waals surface area (Å²) in [4.78, 5) is 27.0. The summed E-state index contributed by atoms with van der Waals surface area (Å²) in [5.74, 6) is 0.174. The Hall–Kier alpha value is -2.86. The minimum Gasteiger partial charge on any atom is -0.460 e. The molecule has 0 spiro atoms. The summed E-state index contributed by atoms with van der Waals surface area (Å²) in [6.45, 7) is 1.86. The van der Waals surface area contributed by atoms with Crippen LogP contribution in [-0.2, 0) is 16.0 Å². The van der Waals surface area contributed by atoms with Crippen molar-refractivity contribution in [2.45, 2.75) is 44.2 Å². The van der Waals surface area contributed by atoms with Gasteiger partial charge in [-0.05, 0) is 36.5 Å². The van der Waals surface area contributed by atoms with Crippen molar-refractivity contribution >= 4 is 17.7 Å². The number of morpholine rings is 1. The monoisotopic (exact) mass is 421 g/mol. The topological polar surface area (TPSA) is 70.7 Å². The molecule has 2 aliphatic rings. The molecule has 3 atom stereocenters. The SMILES string of the molecule is O=C(Nc1ccccc1)N[C@@H]1CCCCC1CN1CC(=O)O[C@@H](Cc2ccccc2)C1. The molecule has 4 rings (SSSR count). The molecule has 1 unspecified atom stereocenters. The molecule has 1 aliphatic heterocycles. The second-order valence-electron chi connectivity index (χ2n) is 8.61. The minimum atomic E-state index is -0.164. The number of carbonyl (C=O) groups is 2. The molecule has 2 aromatic rings. The number of benzene rings is 2. The average Bonchev–Trinajstić information content (AvgIpc) is 2.76. The van der Waals surface area contributed by atoms with Crippen LogP contribution in [0.25, 0.3) is 0 Å². The molecule has 1 aliphatic carbocycles. The van der Waals surface area contributed by atoms with E-state index in [0.29, 0.717) is 12.5 Å². The number of hydrogen-bond acceptors (Lipinski definition) is 4. The van der Waals surface area contributed by atoms with Crippen molar-refractivity contribution in [3.63, 3.8) is 0 Å². The number of anilines is 1. The molecule has 2 amide bonds. The van der Waals surface area contributed by atoms with Crippen molar-refractivity contribution in [3.8, 4) is 0 Å². The van der Waals surface area contributed by atoms with E-state index in [9.17, 15) is 9.59 Å². The van der Waals surface area contributed by atoms with Crippen LogP contribution in [0, 0.1) is 5.92 Å². The lowest BCUT2D eigenvalue weighted by molar-refractivity contribution is -0.159. The molecule has 31 heavy (non-hydrogen) atoms. The summed E-state index contributed by atoms with van der Waals surface area (Å²) in [5, 5.41) is 6.09. The minimum absolute atomic E-state index is 0.114. The summed E-state index contributed by atoms with van der Waals surface area (Å²) in [6, 6.07) is 19.6. The van der Waals surface area contributed by atoms with E-state index in [-0.39, 0.29) is 24.1 Å². The number of cyclic esters (lactones) is 1. The van der Waals surface area contributed by atoms with E-state index in [1.807, 2.05) is 48.5 Å². The summed E-state index contributed by atoms with van der Waals surface area (Å²) < 4.78 is 5.61. The van der Waals surface area contributed by atoms with Crippen LogP contribution >= 0.6 is 0 Å². The number of urea groups is 1. The molecule has 1 saturated heterocycles. The zero-order valence-electron chi connectivity index (χ0n) is 17.8. The normalized spacial score (nSPS) is 24.3. The summed E-state index contributed by atoms with van der Waals surface area (Å²) >= 11 is 0. The fourth-order valence-electron chi connectivity index (χ4n) is 4.72. The largest absolute Gasteiger partial charge is 0.460 e. The molecule has 2 fully saturated rings. The molecule has 6 heteroatoms. The molecule has 0 bridgehead atoms. The zero-order chi connectivity index (χ0) is 21.5. The molecule has 2 aromatic carbocycles. The molecular formula is C25H31N3O3. The first-order chi connectivity index (χ1) is 15.2. The third-order valence-electron chi connectivity index (χ3n) is 6.17. The predicted octanol–water partition coefficient (Wildman–Crippen LogP) is 3.84. The molecule has 1 saturated carbocycles. The van der Waals surface area contributed by atoms with Crippen LogP contribution in [-0.4, -0.2) is 48.7 Å². The highest BCUT2D eigenvalue weighted by Crippen LogP contribution is 2.26. The van der Waals surface area contributed by atoms with E-state index in [1.54, 1.807) is 0 Å². The van der Waals surface area contributed by atoms with Gasteiger partial charge < -0.3 is 15.4 Å². The van der Waals surface area contributed by atoms with Gasteiger partial charge >= 0.3 is 12.0 Å². The highest BCUT2D eigenvalue weighted by Gasteiger charge is 2.32. The first kappa shape index (κ1) is 21.4. The predicted molar refractivity (Wildman–Crippen MR) is 121 cm³/mol. The molecule has 0 aromatic heterocycles. The van der Waals surface area contributed by atoms with E-state index < -0.39 is 0 Å². The maximum absolute atomic E-state index is 12.5. The van der Waals surface area contributed by atoms with Crippen LogP contribution in [0.2, 0.25) is 0 Å². The van der Waals surface area contributed by atoms with Gasteiger partial charge in [0.05, 0.1) is 6.54 Å². The lowest BCUT2D eigenvalue weighted by Crippen LogP contribution is -2.52. The molecule has 6 nitrogen and oxygen atoms in total. The van der Waals surface area contributed by atoms with E-state index in [2.05, 4.69) is 27.7 Å². The van der Waals surface area contributed by atoms with E-state index in [0.717, 1.165) is 50.9 Å². The highest BCUT2D eigenvalue weighted by molar-refractivity contribution is 5.89. The Morgan fingerprint density at radius 1 is 1.00 bits per heavy atom. The Morgan fingerprint density at radius 2 is 1.71 bits per heavy atom. The Morgan fingerprint density at radius 3 is 2.48 bits per heavy atom. The van der Waals surface area contributed by atoms with Crippen LogP contribution in [0.5, 0.6) is 0 Å². The van der Waals surface area contributed by atoms with Crippen LogP contribution < -0.4 is 10.6 Å². The third-order valence-corrected chi connectivity index (χ3v) is 6.17. The van der Waals surface area contributed by atoms with Crippen LogP contribution in [0.15, 0.2) is 60.7 Å². The Bertz CT molecular complexity index is 859. The molecule has 2 N–H and O–H groups in total. The van der Waals surface area contributed by atoms with E-state index in [1.165, 1.54) is 5.56 Å². The average molecular weight is 422 g/mol. The fourth-order valence-corrected chi connectivity index (χ4v) is 4.72. The summed E-state index contributed by atoms with van der Waals surface area (Å²) in [6.07, 6.45) is 4.92. The van der Waals surface area contributed by atoms with Crippen molar-refractivity contribution in [2.75, 3.05) is 25.0 Å². The standard InChI is InChI=1S/C25H31N3O3/c29-24-18-28(17-22(31-24)15-19-9-3-1-4-10-19)16-20-11-7-8-14-23(20)27-25(30)26-21-12-5-2-6-13-21/h1-6,9-10,12-13,20,22-23H,7-8,11,14-18H2,(H2,26,27,30)/t20?,22-,23+/m0/s1. The number of nitrogens with one attached hydrogen (secondary N) is 2. The van der Waals surface area contributed by atoms with Gasteiger partial charge in [0.1, 0.15) is 6.10 Å². The van der Waals surface area contributed by atoms with Crippen molar-refractivity contribution in [1.82, 2.24) is 10.2 Å². The smallest absolute Gasteiger partial charge is 0.320 e. The van der Waals surface area contributed by atoms with Crippen molar-refractivity contribution in [3.05, 3.63) is 66.2 Å². The zero-order valence-corrected chi connectivity index (χ0v) is 17.8. The Kier molecular flexibility index (Phi) is 7.20. The van der Waals surface area contributed by atoms with E-state index >= 15 is 0 Å². The molecule has 1 heterocycles. The number of rotatable bonds is 6. The van der Waals surface area contributed by atoms with Crippen LogP contribution in [0.3, 0.4) is 0 Å². The van der Waals surface area contributed by atoms with Gasteiger partial charge in [-0.15, -0.1) is 0 Å². The number of nitrogens with zero attached hydrogens (tertiary/aromatic N) is 1. The van der Waals surface area contributed by atoms with Gasteiger partial charge in [0.2, 0.25) is 0 Å². The third kappa shape index (κ3) is 6.31. The van der Waals surface area contributed by atoms with Crippen molar-refractivity contribution < 1.29 is 14.3 Å². The van der Waals surface area contributed by atoms with Gasteiger partial charge in [0.25, 0.3) is 0 Å². The van der Waals surface area contributed by atoms with Crippen molar-refractivity contribution in [1.29, 1.82) is 0 Å². The quantitative estimate of drug-likeness (QED) is 0.696. The Labute approximate surface area is 184 Å². The number of ether oxygens (including phenoxy) is 1. The van der Waals surface area contributed by atoms with Crippen molar-refractivity contribution in [2.24, 2.45) is 5.92 Å². The first-order valence-electron chi connectivity index (χ1n) is 11.2. The number of carbonyl (C=O) groups excluding carboxylic acids is 2. The van der Waals surface area contributed by atoms with E-state index in [4.69, 9.17) is 4.74 Å². The number of amides is 2. The van der Waals surface area contributed by atoms with Crippen LogP contribution in [0.4, 0.5) is 10.5 Å². The maximum atomic E-state index is 12.5. The number of hydrogen-bond donors (Lipinski definition) is 2. The second-order valence-corrected chi connectivity index (χ2v) is 8.61. The summed E-state index contributed by atoms with van der Waals surface area (Å²) in [5.41, 5.74) is 1.96. The van der Waals surface area contributed by atoms with Gasteiger partial charge in [-0.3, -0.25) is 9.69 Å². The second kappa shape index (κ2) is 10.4. The van der Waals surface area contributed by atoms with Gasteiger partial charge in [-0.2, -0.15) is 0 Å². The van der Waals surface area contributed by atoms with Gasteiger partial charge in [0.15, 0.2) is 0 Å². The van der Waals surface area contributed by atoms with Gasteiger partial charge in [0, 0.05) is 31.2 Å². The van der Waals surface area contributed by atoms with Crippen LogP contribution in [0.1, 0.15) is 31.2 Å². The lowest BCUT2D eigenvalue weighted by atomic mass is 9.84. The first-order valence-corrected chi connectivity index (χ1v) is 11.2. The number of esters is 1. The summed E-state index contributed by atoms with van der Waals surface area (Å²) in [7, 11) is 0.